The minimum atomic E-state index is -0.155. The lowest BCUT2D eigenvalue weighted by Gasteiger charge is -2.34. The third-order valence-corrected chi connectivity index (χ3v) is 15.9. The standard InChI is InChI=1S/C62H44BN3O2/c1-61(2,3)33-21-27-50-44(29-33)40-17-11-15-38-42-23-25-46-59(57(42)65(50)55(38)40)67-52-31-35(64-48-19-9-7-13-36(48)37-14-8-10-20-49(37)64)32-53-54(52)63(46)47-26-24-43-39-16-12-18-41-45-30-34(62(4,5)6)22-28-51(45)66(56(39)41)58(43)60(47)68-53/h7-32H,1-6H3. The van der Waals surface area contributed by atoms with Crippen LogP contribution in [0.4, 0.5) is 0 Å². The molecule has 0 fully saturated rings. The molecule has 14 aromatic rings. The highest BCUT2D eigenvalue weighted by Gasteiger charge is 2.43. The van der Waals surface area contributed by atoms with Gasteiger partial charge in [-0.1, -0.05) is 151 Å². The van der Waals surface area contributed by atoms with Crippen molar-refractivity contribution in [3.8, 4) is 28.7 Å². The molecule has 7 heterocycles. The Morgan fingerprint density at radius 1 is 0.368 bits per heavy atom. The first kappa shape index (κ1) is 37.2. The SMILES string of the molecule is CC(C)(C)c1ccc2c(c1)c1cccc3c4ccc5c(c4n2c13)Oc1cc(-n2c3ccccc3c3ccccc32)cc2c1B5c1ccc3c4cccc5c6cc(C(C)(C)C)ccc6n(c3c1O2)c54. The average molecular weight is 874 g/mol. The number of ether oxygens (including phenoxy) is 2. The average Bonchev–Trinajstić information content (AvgIpc) is 4.13. The lowest BCUT2D eigenvalue weighted by atomic mass is 9.34. The maximum absolute atomic E-state index is 7.56. The van der Waals surface area contributed by atoms with Gasteiger partial charge in [0.1, 0.15) is 23.0 Å². The Kier molecular flexibility index (Phi) is 6.63. The van der Waals surface area contributed by atoms with E-state index in [1.54, 1.807) is 0 Å². The lowest BCUT2D eigenvalue weighted by Crippen LogP contribution is -2.57. The highest BCUT2D eigenvalue weighted by molar-refractivity contribution is 6.98. The van der Waals surface area contributed by atoms with Gasteiger partial charge in [0, 0.05) is 71.5 Å². The van der Waals surface area contributed by atoms with Crippen molar-refractivity contribution < 1.29 is 9.47 Å². The highest BCUT2D eigenvalue weighted by Crippen LogP contribution is 2.49. The molecule has 0 radical (unpaired) electrons. The second-order valence-corrected chi connectivity index (χ2v) is 21.7. The smallest absolute Gasteiger partial charge is 0.260 e. The molecule has 0 bridgehead atoms. The van der Waals surface area contributed by atoms with E-state index in [2.05, 4.69) is 213 Å². The van der Waals surface area contributed by atoms with Crippen molar-refractivity contribution in [3.05, 3.63) is 169 Å². The van der Waals surface area contributed by atoms with Crippen molar-refractivity contribution in [2.24, 2.45) is 0 Å². The monoisotopic (exact) mass is 873 g/mol. The number of fused-ring (bicyclic) bond motifs is 21. The number of hydrogen-bond acceptors (Lipinski definition) is 2. The molecule has 0 saturated carbocycles. The van der Waals surface area contributed by atoms with E-state index in [-0.39, 0.29) is 17.5 Å². The van der Waals surface area contributed by atoms with Crippen LogP contribution in [0.2, 0.25) is 0 Å². The van der Waals surface area contributed by atoms with Crippen molar-refractivity contribution in [2.45, 2.75) is 52.4 Å². The van der Waals surface area contributed by atoms with Crippen LogP contribution >= 0.6 is 0 Å². The van der Waals surface area contributed by atoms with Gasteiger partial charge in [0.15, 0.2) is 0 Å². The number of aromatic nitrogens is 3. The summed E-state index contributed by atoms with van der Waals surface area (Å²) in [6, 6.07) is 59.1. The Labute approximate surface area is 392 Å². The van der Waals surface area contributed by atoms with Crippen molar-refractivity contribution in [2.75, 3.05) is 0 Å². The predicted octanol–water partition coefficient (Wildman–Crippen LogP) is 14.4. The zero-order chi connectivity index (χ0) is 45.3. The molecule has 6 heteroatoms. The summed E-state index contributed by atoms with van der Waals surface area (Å²) in [4.78, 5) is 0. The minimum absolute atomic E-state index is 0.0199. The summed E-state index contributed by atoms with van der Waals surface area (Å²) in [6.07, 6.45) is 0. The molecular formula is C62H44BN3O2. The molecule has 2 aliphatic rings. The summed E-state index contributed by atoms with van der Waals surface area (Å²) in [6.45, 7) is 13.6. The number of hydrogen-bond donors (Lipinski definition) is 0. The normalized spacial score (nSPS) is 13.9. The molecule has 0 unspecified atom stereocenters. The molecule has 0 N–H and O–H groups in total. The third-order valence-electron chi connectivity index (χ3n) is 15.9. The molecule has 9 aromatic carbocycles. The molecule has 0 amide bonds. The van der Waals surface area contributed by atoms with Crippen LogP contribution in [0.3, 0.4) is 0 Å². The predicted molar refractivity (Wildman–Crippen MR) is 285 cm³/mol. The maximum atomic E-state index is 7.56. The van der Waals surface area contributed by atoms with Gasteiger partial charge in [0.25, 0.3) is 6.71 Å². The summed E-state index contributed by atoms with van der Waals surface area (Å²) in [7, 11) is 0. The van der Waals surface area contributed by atoms with Crippen molar-refractivity contribution >= 4 is 121 Å². The summed E-state index contributed by atoms with van der Waals surface area (Å²) >= 11 is 0. The minimum Gasteiger partial charge on any atom is -0.456 e. The van der Waals surface area contributed by atoms with Gasteiger partial charge < -0.3 is 22.8 Å². The molecule has 0 atom stereocenters. The summed E-state index contributed by atoms with van der Waals surface area (Å²) in [5.41, 5.74) is 16.4. The summed E-state index contributed by atoms with van der Waals surface area (Å²) in [5.74, 6) is 3.45. The van der Waals surface area contributed by atoms with E-state index in [1.807, 2.05) is 0 Å². The first-order valence-electron chi connectivity index (χ1n) is 24.0. The number of rotatable bonds is 1. The van der Waals surface area contributed by atoms with E-state index in [4.69, 9.17) is 9.47 Å². The van der Waals surface area contributed by atoms with E-state index in [1.165, 1.54) is 87.1 Å². The van der Waals surface area contributed by atoms with Gasteiger partial charge in [-0.05, 0) is 69.3 Å². The van der Waals surface area contributed by atoms with Crippen LogP contribution < -0.4 is 25.9 Å². The number of nitrogens with zero attached hydrogens (tertiary/aromatic N) is 3. The van der Waals surface area contributed by atoms with E-state index >= 15 is 0 Å². The van der Waals surface area contributed by atoms with Gasteiger partial charge in [-0.25, -0.2) is 0 Å². The molecule has 2 aliphatic heterocycles. The number of benzene rings is 9. The first-order valence-corrected chi connectivity index (χ1v) is 24.0. The van der Waals surface area contributed by atoms with Crippen LogP contribution in [-0.2, 0) is 10.8 Å². The quantitative estimate of drug-likeness (QED) is 0.154. The Morgan fingerprint density at radius 3 is 1.24 bits per heavy atom. The molecule has 0 aliphatic carbocycles. The molecule has 16 rings (SSSR count). The molecular weight excluding hydrogens is 830 g/mol. The van der Waals surface area contributed by atoms with Crippen LogP contribution in [-0.4, -0.2) is 20.1 Å². The van der Waals surface area contributed by atoms with Crippen molar-refractivity contribution in [1.82, 2.24) is 13.4 Å². The molecule has 5 nitrogen and oxygen atoms in total. The van der Waals surface area contributed by atoms with E-state index in [0.717, 1.165) is 67.1 Å². The van der Waals surface area contributed by atoms with Crippen LogP contribution in [0.25, 0.3) is 104 Å². The van der Waals surface area contributed by atoms with Crippen molar-refractivity contribution in [1.29, 1.82) is 0 Å². The van der Waals surface area contributed by atoms with Gasteiger partial charge in [0.2, 0.25) is 0 Å². The Morgan fingerprint density at radius 2 is 0.779 bits per heavy atom. The molecule has 0 saturated heterocycles. The molecule has 68 heavy (non-hydrogen) atoms. The van der Waals surface area contributed by atoms with Crippen LogP contribution in [0, 0.1) is 0 Å². The molecule has 0 spiro atoms. The Hall–Kier alpha value is -7.96. The van der Waals surface area contributed by atoms with E-state index < -0.39 is 0 Å². The largest absolute Gasteiger partial charge is 0.456 e. The first-order chi connectivity index (χ1) is 33.0. The topological polar surface area (TPSA) is 32.2 Å². The van der Waals surface area contributed by atoms with E-state index in [9.17, 15) is 0 Å². The van der Waals surface area contributed by atoms with Crippen molar-refractivity contribution in [3.63, 3.8) is 0 Å². The molecule has 322 valence electrons. The van der Waals surface area contributed by atoms with Gasteiger partial charge in [-0.3, -0.25) is 0 Å². The highest BCUT2D eigenvalue weighted by atomic mass is 16.5. The second kappa shape index (κ2) is 12.1. The Bertz CT molecular complexity index is 4300. The van der Waals surface area contributed by atoms with Crippen LogP contribution in [0.15, 0.2) is 158 Å². The second-order valence-electron chi connectivity index (χ2n) is 21.7. The van der Waals surface area contributed by atoms with Gasteiger partial charge >= 0.3 is 0 Å². The zero-order valence-corrected chi connectivity index (χ0v) is 38.7. The fourth-order valence-corrected chi connectivity index (χ4v) is 12.8. The third kappa shape index (κ3) is 4.45. The fourth-order valence-electron chi connectivity index (χ4n) is 12.8. The van der Waals surface area contributed by atoms with Gasteiger partial charge in [-0.2, -0.15) is 0 Å². The van der Waals surface area contributed by atoms with E-state index in [0.29, 0.717) is 0 Å². The lowest BCUT2D eigenvalue weighted by molar-refractivity contribution is 0.468. The number of para-hydroxylation sites is 4. The van der Waals surface area contributed by atoms with Crippen LogP contribution in [0.5, 0.6) is 23.0 Å². The van der Waals surface area contributed by atoms with Gasteiger partial charge in [0.05, 0.1) is 49.8 Å². The zero-order valence-electron chi connectivity index (χ0n) is 38.7. The van der Waals surface area contributed by atoms with Crippen LogP contribution in [0.1, 0.15) is 52.7 Å². The van der Waals surface area contributed by atoms with Gasteiger partial charge in [-0.15, -0.1) is 0 Å². The molecule has 5 aromatic heterocycles. The summed E-state index contributed by atoms with van der Waals surface area (Å²) < 4.78 is 22.5. The maximum Gasteiger partial charge on any atom is 0.260 e. The summed E-state index contributed by atoms with van der Waals surface area (Å²) in [5, 5.41) is 12.4. The Balaban J connectivity index is 1.04. The fraction of sp³-hybridized carbons (Fsp3) is 0.129.